The van der Waals surface area contributed by atoms with E-state index in [0.29, 0.717) is 11.3 Å². The monoisotopic (exact) mass is 499 g/mol. The number of aromatic nitrogens is 2. The molecular weight excluding hydrogens is 474 g/mol. The van der Waals surface area contributed by atoms with E-state index >= 15 is 0 Å². The van der Waals surface area contributed by atoms with Gasteiger partial charge in [-0.2, -0.15) is 17.1 Å². The summed E-state index contributed by atoms with van der Waals surface area (Å²) in [6.07, 6.45) is 2.61. The Morgan fingerprint density at radius 1 is 1.45 bits per heavy atom. The quantitative estimate of drug-likeness (QED) is 0.246. The summed E-state index contributed by atoms with van der Waals surface area (Å²) in [6.45, 7) is 2.96. The van der Waals surface area contributed by atoms with Crippen LogP contribution in [0.3, 0.4) is 0 Å². The second kappa shape index (κ2) is 8.45. The second-order valence-corrected chi connectivity index (χ2v) is 10.8. The van der Waals surface area contributed by atoms with Crippen molar-refractivity contribution < 1.29 is 37.9 Å². The van der Waals surface area contributed by atoms with Crippen molar-refractivity contribution >= 4 is 38.3 Å². The molecule has 2 aliphatic rings. The van der Waals surface area contributed by atoms with Crippen molar-refractivity contribution in [3.8, 4) is 0 Å². The minimum atomic E-state index is -4.01. The fourth-order valence-corrected chi connectivity index (χ4v) is 6.33. The molecule has 4 heterocycles. The van der Waals surface area contributed by atoms with Gasteiger partial charge in [-0.05, 0) is 6.92 Å². The van der Waals surface area contributed by atoms with E-state index in [0.717, 1.165) is 9.14 Å². The van der Waals surface area contributed by atoms with Gasteiger partial charge in [-0.15, -0.1) is 0 Å². The van der Waals surface area contributed by atoms with E-state index in [9.17, 15) is 28.2 Å². The number of thiazole rings is 1. The molecule has 0 spiro atoms. The maximum Gasteiger partial charge on any atom is 0.277 e. The van der Waals surface area contributed by atoms with Gasteiger partial charge in [0.05, 0.1) is 42.9 Å². The lowest BCUT2D eigenvalue weighted by Crippen LogP contribution is -2.64. The number of carbonyl (C=O) groups excluding carboxylic acids is 2. The molecule has 0 unspecified atom stereocenters. The second-order valence-electron chi connectivity index (χ2n) is 8.37. The standard InChI is InChI=1S/C19H25N5O7S2/c1-10-13(17(19(28)29)24-16(10)15(11(2)26)18(24)27)6-21-7-14-23(9-21)12(8-32-14)5-22(3-4-25)33(20,30)31/h7-11,15-16,25-26H,3-6H2,1-2H3,(H2-,20,28,29,30,31)/t10-,11+,15+,16+/m0/s1. The largest absolute Gasteiger partial charge is 0.543 e. The first-order valence-corrected chi connectivity index (χ1v) is 12.7. The number of amides is 1. The van der Waals surface area contributed by atoms with Crippen LogP contribution in [0.15, 0.2) is 29.2 Å². The topological polar surface area (TPSA) is 173 Å². The summed E-state index contributed by atoms with van der Waals surface area (Å²) in [5.41, 5.74) is 0.991. The molecule has 4 N–H and O–H groups in total. The predicted octanol–water partition coefficient (Wildman–Crippen LogP) is -2.85. The average molecular weight is 500 g/mol. The number of aliphatic hydroxyl groups is 2. The summed E-state index contributed by atoms with van der Waals surface area (Å²) in [5.74, 6) is -2.81. The molecule has 2 aliphatic heterocycles. The van der Waals surface area contributed by atoms with Crippen molar-refractivity contribution in [2.75, 3.05) is 13.2 Å². The first kappa shape index (κ1) is 23.8. The number of rotatable bonds is 9. The Hall–Kier alpha value is -2.36. The Balaban J connectivity index is 1.63. The van der Waals surface area contributed by atoms with E-state index in [2.05, 4.69) is 0 Å². The van der Waals surface area contributed by atoms with E-state index in [-0.39, 0.29) is 37.9 Å². The van der Waals surface area contributed by atoms with Crippen molar-refractivity contribution in [2.45, 2.75) is 39.1 Å². The number of aliphatic carboxylic acids is 1. The van der Waals surface area contributed by atoms with Crippen LogP contribution < -0.4 is 14.8 Å². The van der Waals surface area contributed by atoms with Crippen LogP contribution in [0.5, 0.6) is 0 Å². The SMILES string of the molecule is C[C@@H](O)[C@H]1C(=O)N2C(C(=O)[O-])=C(C[n+]3cc4scc(CN(CCO)S(N)(=O)=O)n4c3)[C@H](C)[C@H]12. The van der Waals surface area contributed by atoms with Gasteiger partial charge < -0.3 is 25.0 Å². The van der Waals surface area contributed by atoms with Crippen LogP contribution in [0.1, 0.15) is 19.5 Å². The van der Waals surface area contributed by atoms with Crippen molar-refractivity contribution in [3.05, 3.63) is 34.9 Å². The van der Waals surface area contributed by atoms with Gasteiger partial charge in [0.25, 0.3) is 10.2 Å². The number of carbonyl (C=O) groups is 2. The van der Waals surface area contributed by atoms with Gasteiger partial charge in [0.2, 0.25) is 17.1 Å². The molecule has 33 heavy (non-hydrogen) atoms. The Morgan fingerprint density at radius 2 is 2.15 bits per heavy atom. The van der Waals surface area contributed by atoms with Crippen molar-refractivity contribution in [3.63, 3.8) is 0 Å². The van der Waals surface area contributed by atoms with Gasteiger partial charge in [-0.1, -0.05) is 18.3 Å². The number of imidazole rings is 1. The third-order valence-corrected chi connectivity index (χ3v) is 8.28. The Morgan fingerprint density at radius 3 is 2.73 bits per heavy atom. The number of carboxylic acids is 1. The fourth-order valence-electron chi connectivity index (χ4n) is 4.76. The minimum absolute atomic E-state index is 0.0438. The highest BCUT2D eigenvalue weighted by Crippen LogP contribution is 2.46. The molecule has 1 amide bonds. The Labute approximate surface area is 193 Å². The van der Waals surface area contributed by atoms with E-state index in [1.54, 1.807) is 26.9 Å². The van der Waals surface area contributed by atoms with Crippen LogP contribution in [0, 0.1) is 11.8 Å². The number of nitrogens with zero attached hydrogens (tertiary/aromatic N) is 4. The van der Waals surface area contributed by atoms with Gasteiger partial charge in [-0.3, -0.25) is 4.79 Å². The number of aliphatic hydroxyl groups excluding tert-OH is 2. The van der Waals surface area contributed by atoms with Crippen LogP contribution in [0.4, 0.5) is 0 Å². The molecular formula is C19H25N5O7S2. The molecule has 1 saturated heterocycles. The molecule has 4 rings (SSSR count). The first-order chi connectivity index (χ1) is 15.5. The van der Waals surface area contributed by atoms with Crippen LogP contribution in [0.2, 0.25) is 0 Å². The lowest BCUT2D eigenvalue weighted by Gasteiger charge is -2.47. The molecule has 12 nitrogen and oxygen atoms in total. The van der Waals surface area contributed by atoms with Crippen molar-refractivity contribution in [1.29, 1.82) is 0 Å². The average Bonchev–Trinajstić information content (AvgIpc) is 3.33. The molecule has 2 aromatic heterocycles. The molecule has 2 aromatic rings. The van der Waals surface area contributed by atoms with E-state index in [1.807, 2.05) is 6.92 Å². The lowest BCUT2D eigenvalue weighted by molar-refractivity contribution is -0.688. The van der Waals surface area contributed by atoms with Crippen LogP contribution >= 0.6 is 11.3 Å². The normalized spacial score (nSPS) is 24.0. The predicted molar refractivity (Wildman–Crippen MR) is 113 cm³/mol. The van der Waals surface area contributed by atoms with Crippen LogP contribution in [0.25, 0.3) is 4.83 Å². The van der Waals surface area contributed by atoms with Gasteiger partial charge in [0, 0.05) is 23.4 Å². The third kappa shape index (κ3) is 3.96. The summed E-state index contributed by atoms with van der Waals surface area (Å²) in [7, 11) is -4.01. The zero-order valence-corrected chi connectivity index (χ0v) is 19.6. The fraction of sp³-hybridized carbons (Fsp3) is 0.526. The number of hydrogen-bond acceptors (Lipinski definition) is 8. The highest BCUT2D eigenvalue weighted by molar-refractivity contribution is 7.86. The smallest absolute Gasteiger partial charge is 0.277 e. The van der Waals surface area contributed by atoms with Crippen molar-refractivity contribution in [2.24, 2.45) is 17.0 Å². The molecule has 1 fully saturated rings. The zero-order chi connectivity index (χ0) is 24.2. The molecule has 14 heteroatoms. The zero-order valence-electron chi connectivity index (χ0n) is 18.0. The summed E-state index contributed by atoms with van der Waals surface area (Å²) < 4.78 is 28.1. The molecule has 0 saturated carbocycles. The van der Waals surface area contributed by atoms with Crippen LogP contribution in [-0.2, 0) is 32.9 Å². The first-order valence-electron chi connectivity index (χ1n) is 10.3. The summed E-state index contributed by atoms with van der Waals surface area (Å²) in [5, 5.41) is 38.0. The molecule has 0 aliphatic carbocycles. The number of hydrogen-bond donors (Lipinski definition) is 3. The number of carboxylic acid groups (broad SMARTS) is 1. The van der Waals surface area contributed by atoms with Crippen LogP contribution in [-0.4, -0.2) is 69.4 Å². The summed E-state index contributed by atoms with van der Waals surface area (Å²) in [6, 6.07) is -0.429. The van der Waals surface area contributed by atoms with E-state index in [4.69, 9.17) is 10.2 Å². The van der Waals surface area contributed by atoms with Gasteiger partial charge in [-0.25, -0.2) is 9.71 Å². The summed E-state index contributed by atoms with van der Waals surface area (Å²) >= 11 is 1.36. The molecule has 180 valence electrons. The highest BCUT2D eigenvalue weighted by Gasteiger charge is 2.58. The molecule has 4 atom stereocenters. The van der Waals surface area contributed by atoms with E-state index in [1.165, 1.54) is 23.2 Å². The molecule has 0 aromatic carbocycles. The maximum absolute atomic E-state index is 12.5. The van der Waals surface area contributed by atoms with Gasteiger partial charge in [0.15, 0.2) is 0 Å². The summed E-state index contributed by atoms with van der Waals surface area (Å²) in [4.78, 5) is 26.4. The van der Waals surface area contributed by atoms with Gasteiger partial charge in [0.1, 0.15) is 18.4 Å². The van der Waals surface area contributed by atoms with Crippen molar-refractivity contribution in [1.82, 2.24) is 13.6 Å². The minimum Gasteiger partial charge on any atom is -0.543 e. The number of β-lactam (4-membered cyclic amide) rings is 1. The Bertz CT molecular complexity index is 1250. The number of fused-ring (bicyclic) bond motifs is 2. The highest BCUT2D eigenvalue weighted by atomic mass is 32.2. The third-order valence-electron chi connectivity index (χ3n) is 6.31. The maximum atomic E-state index is 12.5. The van der Waals surface area contributed by atoms with E-state index < -0.39 is 40.1 Å². The lowest BCUT2D eigenvalue weighted by atomic mass is 9.78. The molecule has 0 bridgehead atoms. The molecule has 0 radical (unpaired) electrons. The Kier molecular flexibility index (Phi) is 6.09. The van der Waals surface area contributed by atoms with Gasteiger partial charge >= 0.3 is 0 Å². The number of nitrogens with two attached hydrogens (primary N) is 1.